The summed E-state index contributed by atoms with van der Waals surface area (Å²) in [5.74, 6) is 5.28. The lowest BCUT2D eigenvalue weighted by Gasteiger charge is -2.55. The van der Waals surface area contributed by atoms with Gasteiger partial charge in [-0.1, -0.05) is 24.5 Å². The third-order valence-electron chi connectivity index (χ3n) is 7.54. The third-order valence-corrected chi connectivity index (χ3v) is 7.54. The first-order valence-electron chi connectivity index (χ1n) is 9.17. The van der Waals surface area contributed by atoms with Crippen LogP contribution in [0.2, 0.25) is 0 Å². The first-order valence-corrected chi connectivity index (χ1v) is 9.17. The number of rotatable bonds is 1. The van der Waals surface area contributed by atoms with Crippen molar-refractivity contribution in [2.45, 2.75) is 57.5 Å². The molecule has 4 aliphatic carbocycles. The summed E-state index contributed by atoms with van der Waals surface area (Å²) in [7, 11) is 0. The average Bonchev–Trinajstić information content (AvgIpc) is 2.88. The second kappa shape index (κ2) is 5.08. The Balaban J connectivity index is 1.69. The van der Waals surface area contributed by atoms with Crippen LogP contribution in [-0.2, 0) is 4.79 Å². The van der Waals surface area contributed by atoms with Gasteiger partial charge < -0.3 is 5.11 Å². The van der Waals surface area contributed by atoms with E-state index in [4.69, 9.17) is 6.42 Å². The number of ketones is 1. The van der Waals surface area contributed by atoms with E-state index >= 15 is 0 Å². The summed E-state index contributed by atoms with van der Waals surface area (Å²) in [6, 6.07) is 0. The van der Waals surface area contributed by atoms with Gasteiger partial charge in [0.1, 0.15) is 5.60 Å². The molecule has 0 aliphatic heterocycles. The Bertz CT molecular complexity index is 637. The average molecular weight is 310 g/mol. The van der Waals surface area contributed by atoms with Gasteiger partial charge in [0.15, 0.2) is 5.78 Å². The molecule has 0 heterocycles. The molecule has 0 bridgehead atoms. The Morgan fingerprint density at radius 1 is 1.30 bits per heavy atom. The molecule has 4 aliphatic rings. The second-order valence-corrected chi connectivity index (χ2v) is 8.04. The van der Waals surface area contributed by atoms with Crippen molar-refractivity contribution in [3.63, 3.8) is 0 Å². The maximum atomic E-state index is 11.7. The van der Waals surface area contributed by atoms with E-state index in [2.05, 4.69) is 18.9 Å². The number of hydrogen-bond acceptors (Lipinski definition) is 2. The summed E-state index contributed by atoms with van der Waals surface area (Å²) in [4.78, 5) is 11.7. The fourth-order valence-corrected chi connectivity index (χ4v) is 6.38. The van der Waals surface area contributed by atoms with Crippen LogP contribution in [0.5, 0.6) is 0 Å². The van der Waals surface area contributed by atoms with E-state index in [1.54, 1.807) is 0 Å². The standard InChI is InChI=1S/C21H26O2/c1-3-20-11-9-17-16-8-6-15(22)13-14(16)5-7-18(17)19(20)10-12-21(20,23)4-2/h2,10,12-13,16-19,23H,3,5-9,11H2,1H3/t16-,17?,18+,19?,20-,21-/m0/s1. The van der Waals surface area contributed by atoms with Crippen molar-refractivity contribution in [1.82, 2.24) is 0 Å². The molecule has 4 rings (SSSR count). The van der Waals surface area contributed by atoms with Gasteiger partial charge in [0.05, 0.1) is 0 Å². The molecule has 0 radical (unpaired) electrons. The molecule has 0 aromatic heterocycles. The van der Waals surface area contributed by atoms with Crippen LogP contribution in [0.4, 0.5) is 0 Å². The van der Waals surface area contributed by atoms with Gasteiger partial charge in [-0.05, 0) is 74.3 Å². The van der Waals surface area contributed by atoms with Crippen LogP contribution in [0.3, 0.4) is 0 Å². The van der Waals surface area contributed by atoms with E-state index in [-0.39, 0.29) is 5.41 Å². The highest BCUT2D eigenvalue weighted by molar-refractivity contribution is 5.91. The van der Waals surface area contributed by atoms with Crippen LogP contribution in [0, 0.1) is 41.4 Å². The van der Waals surface area contributed by atoms with Gasteiger partial charge in [0.2, 0.25) is 0 Å². The minimum atomic E-state index is -1.07. The van der Waals surface area contributed by atoms with Crippen molar-refractivity contribution < 1.29 is 9.90 Å². The van der Waals surface area contributed by atoms with Crippen molar-refractivity contribution >= 4 is 5.78 Å². The smallest absolute Gasteiger partial charge is 0.155 e. The summed E-state index contributed by atoms with van der Waals surface area (Å²) in [6.45, 7) is 2.18. The number of fused-ring (bicyclic) bond motifs is 5. The highest BCUT2D eigenvalue weighted by Gasteiger charge is 2.61. The normalized spacial score (nSPS) is 48.0. The summed E-state index contributed by atoms with van der Waals surface area (Å²) in [5.41, 5.74) is 0.158. The Morgan fingerprint density at radius 2 is 2.13 bits per heavy atom. The number of carbonyl (C=O) groups excluding carboxylic acids is 1. The lowest BCUT2D eigenvalue weighted by Crippen LogP contribution is -2.54. The number of hydrogen-bond donors (Lipinski definition) is 1. The minimum Gasteiger partial charge on any atom is -0.373 e. The van der Waals surface area contributed by atoms with Crippen molar-refractivity contribution in [3.8, 4) is 12.3 Å². The molecule has 0 aromatic rings. The molecule has 0 aromatic carbocycles. The number of aliphatic hydroxyl groups is 1. The first-order chi connectivity index (χ1) is 11.0. The van der Waals surface area contributed by atoms with Gasteiger partial charge in [-0.3, -0.25) is 4.79 Å². The van der Waals surface area contributed by atoms with E-state index in [1.165, 1.54) is 5.57 Å². The van der Waals surface area contributed by atoms with Gasteiger partial charge in [0, 0.05) is 11.8 Å². The molecule has 6 atom stereocenters. The van der Waals surface area contributed by atoms with Gasteiger partial charge in [-0.2, -0.15) is 0 Å². The van der Waals surface area contributed by atoms with Gasteiger partial charge in [-0.25, -0.2) is 0 Å². The fraction of sp³-hybridized carbons (Fsp3) is 0.667. The maximum Gasteiger partial charge on any atom is 0.155 e. The molecule has 2 fully saturated rings. The van der Waals surface area contributed by atoms with E-state index in [1.807, 2.05) is 12.2 Å². The van der Waals surface area contributed by atoms with E-state index in [9.17, 15) is 9.90 Å². The minimum absolute atomic E-state index is 0.172. The summed E-state index contributed by atoms with van der Waals surface area (Å²) in [5, 5.41) is 11.0. The Kier molecular flexibility index (Phi) is 3.36. The summed E-state index contributed by atoms with van der Waals surface area (Å²) in [6.07, 6.45) is 18.8. The predicted octanol–water partition coefficient (Wildman–Crippen LogP) is 3.66. The lowest BCUT2D eigenvalue weighted by molar-refractivity contribution is -0.116. The summed E-state index contributed by atoms with van der Waals surface area (Å²) < 4.78 is 0. The number of terminal acetylenes is 1. The molecule has 0 saturated heterocycles. The molecule has 122 valence electrons. The van der Waals surface area contributed by atoms with Crippen LogP contribution in [0.15, 0.2) is 23.8 Å². The van der Waals surface area contributed by atoms with Crippen molar-refractivity contribution in [3.05, 3.63) is 23.8 Å². The Morgan fingerprint density at radius 3 is 2.87 bits per heavy atom. The third kappa shape index (κ3) is 1.89. The first kappa shape index (κ1) is 15.2. The second-order valence-electron chi connectivity index (χ2n) is 8.04. The number of carbonyl (C=O) groups is 1. The van der Waals surface area contributed by atoms with Crippen LogP contribution in [0.25, 0.3) is 0 Å². The zero-order valence-corrected chi connectivity index (χ0v) is 13.9. The predicted molar refractivity (Wildman–Crippen MR) is 90.4 cm³/mol. The topological polar surface area (TPSA) is 37.3 Å². The zero-order valence-electron chi connectivity index (χ0n) is 13.9. The van der Waals surface area contributed by atoms with Gasteiger partial charge >= 0.3 is 0 Å². The van der Waals surface area contributed by atoms with Crippen LogP contribution in [-0.4, -0.2) is 16.5 Å². The summed E-state index contributed by atoms with van der Waals surface area (Å²) >= 11 is 0. The van der Waals surface area contributed by atoms with Gasteiger partial charge in [-0.15, -0.1) is 6.42 Å². The molecular formula is C21H26O2. The molecule has 2 nitrogen and oxygen atoms in total. The van der Waals surface area contributed by atoms with E-state index < -0.39 is 5.60 Å². The van der Waals surface area contributed by atoms with Crippen LogP contribution < -0.4 is 0 Å². The highest BCUT2D eigenvalue weighted by atomic mass is 16.3. The monoisotopic (exact) mass is 310 g/mol. The largest absolute Gasteiger partial charge is 0.373 e. The highest BCUT2D eigenvalue weighted by Crippen LogP contribution is 2.63. The fourth-order valence-electron chi connectivity index (χ4n) is 6.38. The molecule has 23 heavy (non-hydrogen) atoms. The molecule has 2 heteroatoms. The molecule has 0 amide bonds. The molecule has 0 spiro atoms. The van der Waals surface area contributed by atoms with Gasteiger partial charge in [0.25, 0.3) is 0 Å². The van der Waals surface area contributed by atoms with Crippen LogP contribution >= 0.6 is 0 Å². The maximum absolute atomic E-state index is 11.7. The zero-order chi connectivity index (χ0) is 16.2. The van der Waals surface area contributed by atoms with E-state index in [0.29, 0.717) is 35.9 Å². The molecule has 2 unspecified atom stereocenters. The number of allylic oxidation sites excluding steroid dienone is 3. The SMILES string of the molecule is C#C[C@]1(O)C=CC2[C@@H]3CCC4=CC(=O)CC[C@@H]4C3CC[C@@]21CC. The Hall–Kier alpha value is -1.33. The molecule has 1 N–H and O–H groups in total. The quantitative estimate of drug-likeness (QED) is 0.593. The van der Waals surface area contributed by atoms with Crippen molar-refractivity contribution in [2.75, 3.05) is 0 Å². The van der Waals surface area contributed by atoms with Crippen LogP contribution in [0.1, 0.15) is 51.9 Å². The lowest BCUT2D eigenvalue weighted by atomic mass is 9.49. The Labute approximate surface area is 139 Å². The van der Waals surface area contributed by atoms with E-state index in [0.717, 1.165) is 38.5 Å². The van der Waals surface area contributed by atoms with Crippen molar-refractivity contribution in [1.29, 1.82) is 0 Å². The van der Waals surface area contributed by atoms with Crippen molar-refractivity contribution in [2.24, 2.45) is 29.1 Å². The molecular weight excluding hydrogens is 284 g/mol. The molecule has 2 saturated carbocycles.